The van der Waals surface area contributed by atoms with Crippen LogP contribution in [0.1, 0.15) is 26.3 Å². The molecule has 2 aromatic rings. The van der Waals surface area contributed by atoms with Gasteiger partial charge in [0, 0.05) is 5.54 Å². The summed E-state index contributed by atoms with van der Waals surface area (Å²) in [5.41, 5.74) is 2.70. The predicted octanol–water partition coefficient (Wildman–Crippen LogP) is 2.05. The summed E-state index contributed by atoms with van der Waals surface area (Å²) >= 11 is 0. The molecule has 2 N–H and O–H groups in total. The van der Waals surface area contributed by atoms with Gasteiger partial charge in [0.05, 0.1) is 5.52 Å². The second-order valence-electron chi connectivity index (χ2n) is 5.27. The molecule has 1 aromatic carbocycles. The molecular weight excluding hydrogens is 216 g/mol. The number of H-pyrrole nitrogens is 1. The lowest BCUT2D eigenvalue weighted by Gasteiger charge is -2.20. The summed E-state index contributed by atoms with van der Waals surface area (Å²) in [5.74, 6) is -0.398. The SMILES string of the molecule is CC(C)(C)NCCc1ccc2oc(=O)[nH]c2c1. The van der Waals surface area contributed by atoms with Gasteiger partial charge in [0.1, 0.15) is 0 Å². The Morgan fingerprint density at radius 1 is 1.35 bits per heavy atom. The lowest BCUT2D eigenvalue weighted by atomic mass is 10.1. The van der Waals surface area contributed by atoms with Gasteiger partial charge in [-0.25, -0.2) is 4.79 Å². The quantitative estimate of drug-likeness (QED) is 0.854. The Labute approximate surface area is 100 Å². The van der Waals surface area contributed by atoms with Crippen molar-refractivity contribution in [3.05, 3.63) is 34.3 Å². The van der Waals surface area contributed by atoms with Gasteiger partial charge >= 0.3 is 5.76 Å². The van der Waals surface area contributed by atoms with Crippen LogP contribution < -0.4 is 11.1 Å². The summed E-state index contributed by atoms with van der Waals surface area (Å²) in [6, 6.07) is 5.79. The van der Waals surface area contributed by atoms with Crippen LogP contribution in [0.4, 0.5) is 0 Å². The van der Waals surface area contributed by atoms with Gasteiger partial charge < -0.3 is 9.73 Å². The fraction of sp³-hybridized carbons (Fsp3) is 0.462. The average molecular weight is 234 g/mol. The fourth-order valence-corrected chi connectivity index (χ4v) is 1.74. The van der Waals surface area contributed by atoms with E-state index < -0.39 is 5.76 Å². The highest BCUT2D eigenvalue weighted by molar-refractivity contribution is 5.72. The summed E-state index contributed by atoms with van der Waals surface area (Å²) in [6.45, 7) is 7.34. The summed E-state index contributed by atoms with van der Waals surface area (Å²) in [6.07, 6.45) is 0.931. The number of hydrogen-bond donors (Lipinski definition) is 2. The second kappa shape index (κ2) is 4.37. The number of nitrogens with one attached hydrogen (secondary N) is 2. The molecule has 4 nitrogen and oxygen atoms in total. The van der Waals surface area contributed by atoms with Gasteiger partial charge in [-0.15, -0.1) is 0 Å². The lowest BCUT2D eigenvalue weighted by molar-refractivity contribution is 0.429. The van der Waals surface area contributed by atoms with Crippen molar-refractivity contribution in [2.24, 2.45) is 0 Å². The van der Waals surface area contributed by atoms with Crippen molar-refractivity contribution in [2.45, 2.75) is 32.7 Å². The van der Waals surface area contributed by atoms with Crippen molar-refractivity contribution in [3.63, 3.8) is 0 Å². The Hall–Kier alpha value is -1.55. The van der Waals surface area contributed by atoms with E-state index in [0.717, 1.165) is 18.5 Å². The summed E-state index contributed by atoms with van der Waals surface area (Å²) in [5, 5.41) is 3.43. The van der Waals surface area contributed by atoms with Crippen molar-refractivity contribution in [3.8, 4) is 0 Å². The van der Waals surface area contributed by atoms with Crippen LogP contribution in [0.15, 0.2) is 27.4 Å². The van der Waals surface area contributed by atoms with Crippen LogP contribution in [0.2, 0.25) is 0 Å². The average Bonchev–Trinajstić information content (AvgIpc) is 2.55. The molecule has 0 amide bonds. The van der Waals surface area contributed by atoms with Gasteiger partial charge in [0.2, 0.25) is 0 Å². The zero-order valence-corrected chi connectivity index (χ0v) is 10.5. The highest BCUT2D eigenvalue weighted by Gasteiger charge is 2.08. The van der Waals surface area contributed by atoms with Gasteiger partial charge in [-0.05, 0) is 51.4 Å². The number of benzene rings is 1. The highest BCUT2D eigenvalue weighted by Crippen LogP contribution is 2.12. The van der Waals surface area contributed by atoms with Crippen LogP contribution in [0.5, 0.6) is 0 Å². The minimum absolute atomic E-state index is 0.133. The van der Waals surface area contributed by atoms with Crippen LogP contribution in [-0.2, 0) is 6.42 Å². The minimum Gasteiger partial charge on any atom is -0.408 e. The van der Waals surface area contributed by atoms with Gasteiger partial charge in [0.25, 0.3) is 0 Å². The highest BCUT2D eigenvalue weighted by atomic mass is 16.4. The molecule has 0 atom stereocenters. The summed E-state index contributed by atoms with van der Waals surface area (Å²) in [4.78, 5) is 13.7. The van der Waals surface area contributed by atoms with E-state index in [9.17, 15) is 4.79 Å². The van der Waals surface area contributed by atoms with Crippen molar-refractivity contribution >= 4 is 11.1 Å². The van der Waals surface area contributed by atoms with E-state index in [1.54, 1.807) is 0 Å². The smallest absolute Gasteiger partial charge is 0.408 e. The van der Waals surface area contributed by atoms with Crippen molar-refractivity contribution < 1.29 is 4.42 Å². The Balaban J connectivity index is 2.06. The van der Waals surface area contributed by atoms with Crippen molar-refractivity contribution in [2.75, 3.05) is 6.54 Å². The number of hydrogen-bond acceptors (Lipinski definition) is 3. The van der Waals surface area contributed by atoms with E-state index in [-0.39, 0.29) is 5.54 Å². The first-order valence-electron chi connectivity index (χ1n) is 5.81. The van der Waals surface area contributed by atoms with Crippen molar-refractivity contribution in [1.29, 1.82) is 0 Å². The standard InChI is InChI=1S/C13H18N2O2/c1-13(2,3)14-7-6-9-4-5-11-10(8-9)15-12(16)17-11/h4-5,8,14H,6-7H2,1-3H3,(H,15,16). The molecule has 4 heteroatoms. The maximum atomic E-state index is 11.0. The monoisotopic (exact) mass is 234 g/mol. The Bertz CT molecular complexity index is 561. The van der Waals surface area contributed by atoms with E-state index in [0.29, 0.717) is 5.58 Å². The van der Waals surface area contributed by atoms with Crippen LogP contribution in [0, 0.1) is 0 Å². The Morgan fingerprint density at radius 2 is 2.12 bits per heavy atom. The zero-order valence-electron chi connectivity index (χ0n) is 10.5. The van der Waals surface area contributed by atoms with E-state index in [4.69, 9.17) is 4.42 Å². The summed E-state index contributed by atoms with van der Waals surface area (Å²) < 4.78 is 4.95. The Morgan fingerprint density at radius 3 is 2.82 bits per heavy atom. The number of aromatic nitrogens is 1. The zero-order chi connectivity index (χ0) is 12.5. The first-order valence-corrected chi connectivity index (χ1v) is 5.81. The van der Waals surface area contributed by atoms with Gasteiger partial charge in [-0.2, -0.15) is 0 Å². The molecule has 0 spiro atoms. The molecule has 0 saturated heterocycles. The molecule has 0 aliphatic rings. The van der Waals surface area contributed by atoms with Crippen LogP contribution in [-0.4, -0.2) is 17.1 Å². The number of oxazole rings is 1. The lowest BCUT2D eigenvalue weighted by Crippen LogP contribution is -2.37. The second-order valence-corrected chi connectivity index (χ2v) is 5.27. The van der Waals surface area contributed by atoms with Crippen molar-refractivity contribution in [1.82, 2.24) is 10.3 Å². The minimum atomic E-state index is -0.398. The molecule has 0 bridgehead atoms. The van der Waals surface area contributed by atoms with Crippen LogP contribution >= 0.6 is 0 Å². The number of fused-ring (bicyclic) bond motifs is 1. The molecule has 17 heavy (non-hydrogen) atoms. The molecule has 0 aliphatic heterocycles. The number of rotatable bonds is 3. The third kappa shape index (κ3) is 3.20. The van der Waals surface area contributed by atoms with Crippen LogP contribution in [0.25, 0.3) is 11.1 Å². The van der Waals surface area contributed by atoms with Crippen LogP contribution in [0.3, 0.4) is 0 Å². The molecule has 1 aromatic heterocycles. The van der Waals surface area contributed by atoms with Gasteiger partial charge in [0.15, 0.2) is 5.58 Å². The molecular formula is C13H18N2O2. The van der Waals surface area contributed by atoms with Gasteiger partial charge in [-0.3, -0.25) is 4.98 Å². The van der Waals surface area contributed by atoms with E-state index in [1.165, 1.54) is 5.56 Å². The predicted molar refractivity (Wildman–Crippen MR) is 68.3 cm³/mol. The molecule has 0 fully saturated rings. The van der Waals surface area contributed by atoms with Gasteiger partial charge in [-0.1, -0.05) is 6.07 Å². The van der Waals surface area contributed by atoms with E-state index in [2.05, 4.69) is 31.1 Å². The molecule has 92 valence electrons. The third-order valence-corrected chi connectivity index (χ3v) is 2.55. The largest absolute Gasteiger partial charge is 0.417 e. The molecule has 0 radical (unpaired) electrons. The molecule has 0 unspecified atom stereocenters. The first kappa shape index (κ1) is 11.9. The molecule has 0 aliphatic carbocycles. The topological polar surface area (TPSA) is 58.0 Å². The first-order chi connectivity index (χ1) is 7.94. The number of aromatic amines is 1. The summed E-state index contributed by atoms with van der Waals surface area (Å²) in [7, 11) is 0. The Kier molecular flexibility index (Phi) is 3.07. The maximum Gasteiger partial charge on any atom is 0.417 e. The van der Waals surface area contributed by atoms with E-state index in [1.807, 2.05) is 18.2 Å². The molecule has 0 saturated carbocycles. The van der Waals surface area contributed by atoms with E-state index >= 15 is 0 Å². The normalized spacial score (nSPS) is 12.2. The maximum absolute atomic E-state index is 11.0. The molecule has 2 rings (SSSR count). The molecule has 1 heterocycles. The fourth-order valence-electron chi connectivity index (χ4n) is 1.74. The third-order valence-electron chi connectivity index (χ3n) is 2.55.